The number of hydrogen-bond donors (Lipinski definition) is 0. The van der Waals surface area contributed by atoms with Crippen LogP contribution in [0.15, 0.2) is 48.7 Å². The number of methoxy groups -OCH3 is 1. The predicted molar refractivity (Wildman–Crippen MR) is 101 cm³/mol. The molecule has 0 saturated carbocycles. The van der Waals surface area contributed by atoms with E-state index in [-0.39, 0.29) is 0 Å². The van der Waals surface area contributed by atoms with Gasteiger partial charge >= 0.3 is 0 Å². The highest BCUT2D eigenvalue weighted by Gasteiger charge is 2.22. The van der Waals surface area contributed by atoms with Gasteiger partial charge in [-0.15, -0.1) is 0 Å². The van der Waals surface area contributed by atoms with Crippen LogP contribution in [-0.4, -0.2) is 33.5 Å². The lowest BCUT2D eigenvalue weighted by atomic mass is 10.1. The Kier molecular flexibility index (Phi) is 4.82. The average Bonchev–Trinajstić information content (AvgIpc) is 2.69. The van der Waals surface area contributed by atoms with E-state index >= 15 is 0 Å². The van der Waals surface area contributed by atoms with E-state index in [1.54, 1.807) is 19.4 Å². The fourth-order valence-corrected chi connectivity index (χ4v) is 3.42. The number of rotatable bonds is 4. The van der Waals surface area contributed by atoms with Gasteiger partial charge in [-0.05, 0) is 11.6 Å². The van der Waals surface area contributed by atoms with E-state index in [1.807, 2.05) is 12.1 Å². The quantitative estimate of drug-likeness (QED) is 0.658. The fourth-order valence-electron chi connectivity index (χ4n) is 3.17. The van der Waals surface area contributed by atoms with E-state index in [4.69, 9.17) is 21.3 Å². The van der Waals surface area contributed by atoms with E-state index in [1.165, 1.54) is 5.56 Å². The van der Waals surface area contributed by atoms with Gasteiger partial charge in [-0.3, -0.25) is 4.90 Å². The van der Waals surface area contributed by atoms with Crippen molar-refractivity contribution in [3.63, 3.8) is 0 Å². The Labute approximate surface area is 157 Å². The largest absolute Gasteiger partial charge is 0.481 e. The molecule has 132 valence electrons. The van der Waals surface area contributed by atoms with Crippen molar-refractivity contribution in [2.45, 2.75) is 19.5 Å². The van der Waals surface area contributed by atoms with Crippen LogP contribution in [0.3, 0.4) is 0 Å². The maximum atomic E-state index is 6.50. The maximum absolute atomic E-state index is 6.50. The summed E-state index contributed by atoms with van der Waals surface area (Å²) in [7, 11) is 1.59. The second-order valence-electron chi connectivity index (χ2n) is 6.30. The minimum Gasteiger partial charge on any atom is -0.481 e. The van der Waals surface area contributed by atoms with Crippen LogP contribution in [0.4, 0.5) is 0 Å². The van der Waals surface area contributed by atoms with Crippen molar-refractivity contribution < 1.29 is 4.74 Å². The zero-order valence-electron chi connectivity index (χ0n) is 14.5. The Morgan fingerprint density at radius 1 is 1.12 bits per heavy atom. The Hall–Kier alpha value is -2.50. The van der Waals surface area contributed by atoms with Crippen molar-refractivity contribution in [1.82, 2.24) is 19.9 Å². The van der Waals surface area contributed by atoms with Crippen molar-refractivity contribution in [3.05, 3.63) is 70.6 Å². The van der Waals surface area contributed by atoms with Crippen LogP contribution in [0.5, 0.6) is 5.88 Å². The first-order valence-corrected chi connectivity index (χ1v) is 8.92. The molecule has 0 saturated heterocycles. The van der Waals surface area contributed by atoms with Crippen LogP contribution in [-0.2, 0) is 19.5 Å². The smallest absolute Gasteiger partial charge is 0.212 e. The highest BCUT2D eigenvalue weighted by molar-refractivity contribution is 6.30. The Morgan fingerprint density at radius 2 is 1.96 bits per heavy atom. The van der Waals surface area contributed by atoms with Gasteiger partial charge in [0.15, 0.2) is 5.82 Å². The zero-order valence-corrected chi connectivity index (χ0v) is 15.3. The second-order valence-corrected chi connectivity index (χ2v) is 6.66. The molecule has 6 heteroatoms. The Balaban J connectivity index is 1.56. The number of fused-ring (bicyclic) bond motifs is 1. The molecule has 3 aromatic rings. The third kappa shape index (κ3) is 3.54. The molecule has 0 spiro atoms. The van der Waals surface area contributed by atoms with E-state index in [9.17, 15) is 0 Å². The van der Waals surface area contributed by atoms with E-state index in [0.29, 0.717) is 16.9 Å². The van der Waals surface area contributed by atoms with Crippen LogP contribution in [0.1, 0.15) is 16.8 Å². The van der Waals surface area contributed by atoms with Crippen LogP contribution < -0.4 is 4.74 Å². The number of ether oxygens (including phenoxy) is 1. The molecule has 0 atom stereocenters. The molecule has 3 heterocycles. The fraction of sp³-hybridized carbons (Fsp3) is 0.250. The van der Waals surface area contributed by atoms with Crippen LogP contribution in [0.2, 0.25) is 5.15 Å². The SMILES string of the molecule is COc1ccc(-c2nc(Cl)c3c(n2)CCN(Cc2ccccc2)C3)cn1. The topological polar surface area (TPSA) is 51.1 Å². The minimum atomic E-state index is 0.526. The normalized spacial score (nSPS) is 14.1. The highest BCUT2D eigenvalue weighted by atomic mass is 35.5. The standard InChI is InChI=1S/C20H19ClN4O/c1-26-18-8-7-15(11-22-18)20-23-17-9-10-25(13-16(17)19(21)24-20)12-14-5-3-2-4-6-14/h2-8,11H,9-10,12-13H2,1H3. The van der Waals surface area contributed by atoms with Crippen molar-refractivity contribution >= 4 is 11.6 Å². The van der Waals surface area contributed by atoms with Gasteiger partial charge in [0, 0.05) is 49.4 Å². The van der Waals surface area contributed by atoms with Crippen LogP contribution in [0, 0.1) is 0 Å². The molecule has 0 N–H and O–H groups in total. The van der Waals surface area contributed by atoms with Gasteiger partial charge < -0.3 is 4.74 Å². The second kappa shape index (κ2) is 7.40. The van der Waals surface area contributed by atoms with Gasteiger partial charge in [-0.25, -0.2) is 15.0 Å². The Bertz CT molecular complexity index is 900. The number of nitrogens with zero attached hydrogens (tertiary/aromatic N) is 4. The molecule has 0 unspecified atom stereocenters. The number of aromatic nitrogens is 3. The van der Waals surface area contributed by atoms with Crippen LogP contribution >= 0.6 is 11.6 Å². The third-order valence-corrected chi connectivity index (χ3v) is 4.85. The lowest BCUT2D eigenvalue weighted by molar-refractivity contribution is 0.243. The van der Waals surface area contributed by atoms with Gasteiger partial charge in [-0.1, -0.05) is 41.9 Å². The molecule has 0 radical (unpaired) electrons. The monoisotopic (exact) mass is 366 g/mol. The van der Waals surface area contributed by atoms with Crippen molar-refractivity contribution in [2.24, 2.45) is 0 Å². The average molecular weight is 367 g/mol. The van der Waals surface area contributed by atoms with Gasteiger partial charge in [0.2, 0.25) is 5.88 Å². The summed E-state index contributed by atoms with van der Waals surface area (Å²) in [6, 6.07) is 14.2. The summed E-state index contributed by atoms with van der Waals surface area (Å²) in [5, 5.41) is 0.526. The summed E-state index contributed by atoms with van der Waals surface area (Å²) in [6.07, 6.45) is 2.57. The number of pyridine rings is 1. The highest BCUT2D eigenvalue weighted by Crippen LogP contribution is 2.28. The first kappa shape index (κ1) is 16.9. The van der Waals surface area contributed by atoms with Crippen LogP contribution in [0.25, 0.3) is 11.4 Å². The summed E-state index contributed by atoms with van der Waals surface area (Å²) < 4.78 is 5.10. The predicted octanol–water partition coefficient (Wildman–Crippen LogP) is 3.76. The van der Waals surface area contributed by atoms with Gasteiger partial charge in [0.05, 0.1) is 12.8 Å². The van der Waals surface area contributed by atoms with Crippen molar-refractivity contribution in [2.75, 3.05) is 13.7 Å². The molecule has 2 aromatic heterocycles. The summed E-state index contributed by atoms with van der Waals surface area (Å²) in [4.78, 5) is 15.8. The third-order valence-electron chi connectivity index (χ3n) is 4.54. The molecule has 5 nitrogen and oxygen atoms in total. The molecule has 0 amide bonds. The van der Waals surface area contributed by atoms with Gasteiger partial charge in [-0.2, -0.15) is 0 Å². The van der Waals surface area contributed by atoms with Gasteiger partial charge in [0.25, 0.3) is 0 Å². The molecule has 0 aliphatic carbocycles. The molecule has 1 aromatic carbocycles. The molecular weight excluding hydrogens is 348 g/mol. The Morgan fingerprint density at radius 3 is 2.69 bits per heavy atom. The minimum absolute atomic E-state index is 0.526. The maximum Gasteiger partial charge on any atom is 0.212 e. The van der Waals surface area contributed by atoms with E-state index in [2.05, 4.69) is 39.1 Å². The lowest BCUT2D eigenvalue weighted by Crippen LogP contribution is -2.31. The number of benzene rings is 1. The molecule has 4 rings (SSSR count). The molecule has 0 fully saturated rings. The number of hydrogen-bond acceptors (Lipinski definition) is 5. The summed E-state index contributed by atoms with van der Waals surface area (Å²) in [5.74, 6) is 1.18. The molecular formula is C20H19ClN4O. The summed E-state index contributed by atoms with van der Waals surface area (Å²) >= 11 is 6.50. The van der Waals surface area contributed by atoms with Crippen molar-refractivity contribution in [3.8, 4) is 17.3 Å². The molecule has 1 aliphatic rings. The summed E-state index contributed by atoms with van der Waals surface area (Å²) in [5.41, 5.74) is 4.19. The zero-order chi connectivity index (χ0) is 17.9. The molecule has 1 aliphatic heterocycles. The van der Waals surface area contributed by atoms with E-state index < -0.39 is 0 Å². The van der Waals surface area contributed by atoms with Crippen molar-refractivity contribution in [1.29, 1.82) is 0 Å². The summed E-state index contributed by atoms with van der Waals surface area (Å²) in [6.45, 7) is 2.63. The molecule has 0 bridgehead atoms. The first-order valence-electron chi connectivity index (χ1n) is 8.55. The first-order chi connectivity index (χ1) is 12.7. The number of halogens is 1. The van der Waals surface area contributed by atoms with Gasteiger partial charge in [0.1, 0.15) is 5.15 Å². The van der Waals surface area contributed by atoms with E-state index in [0.717, 1.165) is 42.9 Å². The lowest BCUT2D eigenvalue weighted by Gasteiger charge is -2.28. The molecule has 26 heavy (non-hydrogen) atoms.